The summed E-state index contributed by atoms with van der Waals surface area (Å²) in [6.07, 6.45) is 5.01. The number of nitrogens with zero attached hydrogens (tertiary/aromatic N) is 1. The molecule has 0 aromatic heterocycles. The summed E-state index contributed by atoms with van der Waals surface area (Å²) >= 11 is 0. The van der Waals surface area contributed by atoms with Crippen LogP contribution in [0, 0.1) is 5.82 Å². The van der Waals surface area contributed by atoms with E-state index in [0.29, 0.717) is 17.4 Å². The first-order valence-corrected chi connectivity index (χ1v) is 7.17. The topological polar surface area (TPSA) is 37.4 Å². The molecule has 1 amide bonds. The Morgan fingerprint density at radius 3 is 2.45 bits per heavy atom. The highest BCUT2D eigenvalue weighted by Crippen LogP contribution is 2.20. The molecule has 1 atom stereocenters. The molecule has 0 aliphatic carbocycles. The van der Waals surface area contributed by atoms with E-state index in [1.54, 1.807) is 24.0 Å². The van der Waals surface area contributed by atoms with Gasteiger partial charge in [-0.25, -0.2) is 4.39 Å². The van der Waals surface area contributed by atoms with E-state index in [1.165, 1.54) is 6.07 Å². The molecule has 0 saturated carbocycles. The van der Waals surface area contributed by atoms with Gasteiger partial charge in [-0.15, -0.1) is 0 Å². The van der Waals surface area contributed by atoms with Crippen LogP contribution >= 0.6 is 0 Å². The van der Waals surface area contributed by atoms with Crippen molar-refractivity contribution in [2.24, 2.45) is 0 Å². The molecule has 0 N–H and O–H groups in total. The number of rotatable bonds is 3. The van der Waals surface area contributed by atoms with Crippen molar-refractivity contribution in [1.29, 1.82) is 0 Å². The minimum Gasteiger partial charge on any atom is -0.339 e. The maximum absolute atomic E-state index is 14.0. The molecule has 1 fully saturated rings. The normalized spacial score (nSPS) is 17.4. The second-order valence-corrected chi connectivity index (χ2v) is 5.37. The Morgan fingerprint density at radius 1 is 1.25 bits per heavy atom. The number of benzene rings is 1. The van der Waals surface area contributed by atoms with Gasteiger partial charge in [-0.1, -0.05) is 25.8 Å². The molecule has 3 nitrogen and oxygen atoms in total. The minimum absolute atomic E-state index is 0.115. The van der Waals surface area contributed by atoms with Crippen LogP contribution in [0.3, 0.4) is 0 Å². The second-order valence-electron chi connectivity index (χ2n) is 5.37. The molecule has 0 spiro atoms. The highest BCUT2D eigenvalue weighted by atomic mass is 19.1. The number of hydrogen-bond donors (Lipinski definition) is 0. The van der Waals surface area contributed by atoms with Gasteiger partial charge in [0.2, 0.25) is 0 Å². The number of aldehydes is 1. The van der Waals surface area contributed by atoms with Gasteiger partial charge in [-0.3, -0.25) is 4.79 Å². The zero-order valence-electron chi connectivity index (χ0n) is 11.8. The summed E-state index contributed by atoms with van der Waals surface area (Å²) in [5.74, 6) is -1.08. The second kappa shape index (κ2) is 6.64. The molecule has 2 rings (SSSR count). The van der Waals surface area contributed by atoms with E-state index >= 15 is 0 Å². The predicted octanol–water partition coefficient (Wildman–Crippen LogP) is 3.14. The Bertz CT molecular complexity index is 493. The van der Waals surface area contributed by atoms with Crippen LogP contribution in [0.5, 0.6) is 0 Å². The molecule has 1 aliphatic rings. The summed E-state index contributed by atoms with van der Waals surface area (Å²) in [5.41, 5.74) is 0.707. The largest absolute Gasteiger partial charge is 0.339 e. The summed E-state index contributed by atoms with van der Waals surface area (Å²) in [4.78, 5) is 24.9. The summed E-state index contributed by atoms with van der Waals surface area (Å²) in [5, 5.41) is 0. The highest BCUT2D eigenvalue weighted by Gasteiger charge is 2.19. The van der Waals surface area contributed by atoms with Crippen molar-refractivity contribution in [2.45, 2.75) is 38.5 Å². The lowest BCUT2D eigenvalue weighted by Crippen LogP contribution is -2.31. The summed E-state index contributed by atoms with van der Waals surface area (Å²) in [6.45, 7) is 3.13. The van der Waals surface area contributed by atoms with E-state index in [0.717, 1.165) is 38.8 Å². The molecule has 1 saturated heterocycles. The number of likely N-dealkylation sites (tertiary alicyclic amines) is 1. The molecule has 4 heteroatoms. The van der Waals surface area contributed by atoms with Gasteiger partial charge in [0.15, 0.2) is 0 Å². The molecule has 108 valence electrons. The standard InChI is InChI=1S/C16H20FNO2/c1-12(11-19)14-7-6-13(10-15(14)17)16(20)18-8-4-2-3-5-9-18/h6-7,10-12H,2-5,8-9H2,1H3. The predicted molar refractivity (Wildman–Crippen MR) is 75.3 cm³/mol. The zero-order chi connectivity index (χ0) is 14.5. The van der Waals surface area contributed by atoms with Gasteiger partial charge < -0.3 is 9.69 Å². The van der Waals surface area contributed by atoms with E-state index in [-0.39, 0.29) is 5.91 Å². The quantitative estimate of drug-likeness (QED) is 0.796. The van der Waals surface area contributed by atoms with Crippen LogP contribution in [-0.2, 0) is 4.79 Å². The van der Waals surface area contributed by atoms with Gasteiger partial charge in [0.25, 0.3) is 5.91 Å². The average Bonchev–Trinajstić information content (AvgIpc) is 2.74. The van der Waals surface area contributed by atoms with Gasteiger partial charge in [-0.2, -0.15) is 0 Å². The van der Waals surface area contributed by atoms with Crippen LogP contribution in [0.4, 0.5) is 4.39 Å². The molecule has 1 aromatic rings. The van der Waals surface area contributed by atoms with Crippen LogP contribution in [0.25, 0.3) is 0 Å². The first kappa shape index (κ1) is 14.7. The fourth-order valence-corrected chi connectivity index (χ4v) is 2.56. The molecule has 1 aliphatic heterocycles. The molecule has 0 bridgehead atoms. The Hall–Kier alpha value is -1.71. The third-order valence-electron chi connectivity index (χ3n) is 3.84. The van der Waals surface area contributed by atoms with E-state index in [1.807, 2.05) is 0 Å². The molecule has 1 aromatic carbocycles. The Labute approximate surface area is 118 Å². The van der Waals surface area contributed by atoms with Gasteiger partial charge in [0, 0.05) is 24.6 Å². The van der Waals surface area contributed by atoms with Gasteiger partial charge in [0.05, 0.1) is 0 Å². The Kier molecular flexibility index (Phi) is 4.88. The smallest absolute Gasteiger partial charge is 0.253 e. The van der Waals surface area contributed by atoms with Gasteiger partial charge in [0.1, 0.15) is 12.1 Å². The van der Waals surface area contributed by atoms with Crippen molar-refractivity contribution in [3.63, 3.8) is 0 Å². The van der Waals surface area contributed by atoms with Crippen LogP contribution in [-0.4, -0.2) is 30.2 Å². The maximum Gasteiger partial charge on any atom is 0.253 e. The van der Waals surface area contributed by atoms with Crippen LogP contribution in [0.15, 0.2) is 18.2 Å². The Balaban J connectivity index is 2.18. The van der Waals surface area contributed by atoms with Crippen LogP contribution < -0.4 is 0 Å². The highest BCUT2D eigenvalue weighted by molar-refractivity contribution is 5.94. The first-order chi connectivity index (χ1) is 9.63. The lowest BCUT2D eigenvalue weighted by atomic mass is 10.00. The molecule has 1 heterocycles. The molecule has 0 radical (unpaired) electrons. The zero-order valence-corrected chi connectivity index (χ0v) is 11.8. The third kappa shape index (κ3) is 3.24. The number of hydrogen-bond acceptors (Lipinski definition) is 2. The third-order valence-corrected chi connectivity index (χ3v) is 3.84. The molecular weight excluding hydrogens is 257 g/mol. The number of halogens is 1. The average molecular weight is 277 g/mol. The van der Waals surface area contributed by atoms with E-state index in [9.17, 15) is 14.0 Å². The van der Waals surface area contributed by atoms with E-state index in [4.69, 9.17) is 0 Å². The van der Waals surface area contributed by atoms with Crippen molar-refractivity contribution in [1.82, 2.24) is 4.90 Å². The maximum atomic E-state index is 14.0. The SMILES string of the molecule is CC(C=O)c1ccc(C(=O)N2CCCCCC2)cc1F. The summed E-state index contributed by atoms with van der Waals surface area (Å²) < 4.78 is 14.0. The lowest BCUT2D eigenvalue weighted by molar-refractivity contribution is -0.108. The minimum atomic E-state index is -0.489. The van der Waals surface area contributed by atoms with E-state index in [2.05, 4.69) is 0 Å². The van der Waals surface area contributed by atoms with Gasteiger partial charge >= 0.3 is 0 Å². The van der Waals surface area contributed by atoms with E-state index < -0.39 is 11.7 Å². The van der Waals surface area contributed by atoms with Crippen molar-refractivity contribution in [3.8, 4) is 0 Å². The first-order valence-electron chi connectivity index (χ1n) is 7.17. The Morgan fingerprint density at radius 2 is 1.90 bits per heavy atom. The van der Waals surface area contributed by atoms with Crippen LogP contribution in [0.1, 0.15) is 54.4 Å². The summed E-state index contributed by atoms with van der Waals surface area (Å²) in [7, 11) is 0. The molecule has 20 heavy (non-hydrogen) atoms. The number of amides is 1. The monoisotopic (exact) mass is 277 g/mol. The molecular formula is C16H20FNO2. The fraction of sp³-hybridized carbons (Fsp3) is 0.500. The van der Waals surface area contributed by atoms with Crippen molar-refractivity contribution in [2.75, 3.05) is 13.1 Å². The fourth-order valence-electron chi connectivity index (χ4n) is 2.56. The van der Waals surface area contributed by atoms with Gasteiger partial charge in [-0.05, 0) is 30.5 Å². The van der Waals surface area contributed by atoms with Crippen molar-refractivity contribution in [3.05, 3.63) is 35.1 Å². The number of carbonyl (C=O) groups excluding carboxylic acids is 2. The van der Waals surface area contributed by atoms with Crippen LogP contribution in [0.2, 0.25) is 0 Å². The van der Waals surface area contributed by atoms with Crippen molar-refractivity contribution < 1.29 is 14.0 Å². The summed E-state index contributed by atoms with van der Waals surface area (Å²) in [6, 6.07) is 4.41. The molecule has 1 unspecified atom stereocenters. The lowest BCUT2D eigenvalue weighted by Gasteiger charge is -2.20. The number of carbonyl (C=O) groups is 2. The van der Waals surface area contributed by atoms with Crippen molar-refractivity contribution >= 4 is 12.2 Å².